The van der Waals surface area contributed by atoms with Crippen LogP contribution in [0.5, 0.6) is 0 Å². The number of alkyl halides is 3. The predicted molar refractivity (Wildman–Crippen MR) is 75.0 cm³/mol. The molecule has 0 aliphatic heterocycles. The van der Waals surface area contributed by atoms with Crippen LogP contribution >= 0.6 is 0 Å². The summed E-state index contributed by atoms with van der Waals surface area (Å²) in [5, 5.41) is 2.25. The monoisotopic (exact) mass is 324 g/mol. The second-order valence-electron chi connectivity index (χ2n) is 4.42. The minimum absolute atomic E-state index is 0.0135. The van der Waals surface area contributed by atoms with Gasteiger partial charge >= 0.3 is 12.1 Å². The van der Waals surface area contributed by atoms with E-state index in [1.165, 1.54) is 31.4 Å². The molecule has 0 saturated heterocycles. The number of hydrogen-bond donors (Lipinski definition) is 1. The van der Waals surface area contributed by atoms with Gasteiger partial charge in [0.05, 0.1) is 23.8 Å². The van der Waals surface area contributed by atoms with Gasteiger partial charge in [0.15, 0.2) is 0 Å². The van der Waals surface area contributed by atoms with E-state index in [1.807, 2.05) is 0 Å². The van der Waals surface area contributed by atoms with E-state index < -0.39 is 29.2 Å². The Morgan fingerprint density at radius 2 is 1.83 bits per heavy atom. The average Bonchev–Trinajstić information content (AvgIpc) is 2.54. The number of esters is 1. The van der Waals surface area contributed by atoms with Crippen LogP contribution in [0.3, 0.4) is 0 Å². The first-order valence-electron chi connectivity index (χ1n) is 6.35. The molecule has 0 bridgehead atoms. The number of methoxy groups -OCH3 is 1. The van der Waals surface area contributed by atoms with E-state index >= 15 is 0 Å². The number of amides is 1. The van der Waals surface area contributed by atoms with Crippen LogP contribution in [-0.4, -0.2) is 24.0 Å². The highest BCUT2D eigenvalue weighted by Gasteiger charge is 2.34. The SMILES string of the molecule is COC(=O)c1ccc(NC(=O)c2ccccc2C(F)(F)F)nc1. The molecular weight excluding hydrogens is 313 g/mol. The highest BCUT2D eigenvalue weighted by Crippen LogP contribution is 2.32. The van der Waals surface area contributed by atoms with Gasteiger partial charge in [0.1, 0.15) is 5.82 Å². The van der Waals surface area contributed by atoms with Crippen molar-refractivity contribution in [2.45, 2.75) is 6.18 Å². The summed E-state index contributed by atoms with van der Waals surface area (Å²) in [6.07, 6.45) is -3.49. The van der Waals surface area contributed by atoms with Crippen LogP contribution in [0.4, 0.5) is 19.0 Å². The van der Waals surface area contributed by atoms with Crippen molar-refractivity contribution in [3.05, 3.63) is 59.3 Å². The zero-order valence-electron chi connectivity index (χ0n) is 11.8. The van der Waals surface area contributed by atoms with E-state index in [-0.39, 0.29) is 11.4 Å². The van der Waals surface area contributed by atoms with Gasteiger partial charge in [-0.15, -0.1) is 0 Å². The molecule has 1 heterocycles. The Morgan fingerprint density at radius 3 is 2.39 bits per heavy atom. The van der Waals surface area contributed by atoms with Gasteiger partial charge in [0, 0.05) is 6.20 Å². The summed E-state index contributed by atoms with van der Waals surface area (Å²) in [4.78, 5) is 27.1. The zero-order valence-corrected chi connectivity index (χ0v) is 11.8. The van der Waals surface area contributed by atoms with Crippen LogP contribution < -0.4 is 5.32 Å². The highest BCUT2D eigenvalue weighted by atomic mass is 19.4. The van der Waals surface area contributed by atoms with Crippen molar-refractivity contribution < 1.29 is 27.5 Å². The number of carbonyl (C=O) groups is 2. The number of nitrogens with zero attached hydrogens (tertiary/aromatic N) is 1. The lowest BCUT2D eigenvalue weighted by molar-refractivity contribution is -0.137. The molecule has 1 aromatic heterocycles. The Kier molecular flexibility index (Phi) is 4.63. The van der Waals surface area contributed by atoms with Crippen LogP contribution in [0.15, 0.2) is 42.6 Å². The van der Waals surface area contributed by atoms with Gasteiger partial charge < -0.3 is 10.1 Å². The van der Waals surface area contributed by atoms with Crippen molar-refractivity contribution in [2.75, 3.05) is 12.4 Å². The van der Waals surface area contributed by atoms with Crippen LogP contribution in [-0.2, 0) is 10.9 Å². The number of benzene rings is 1. The second kappa shape index (κ2) is 6.47. The minimum Gasteiger partial charge on any atom is -0.465 e. The molecule has 23 heavy (non-hydrogen) atoms. The topological polar surface area (TPSA) is 68.3 Å². The van der Waals surface area contributed by atoms with Crippen molar-refractivity contribution in [1.29, 1.82) is 0 Å². The minimum atomic E-state index is -4.64. The lowest BCUT2D eigenvalue weighted by Gasteiger charge is -2.12. The Hall–Kier alpha value is -2.90. The van der Waals surface area contributed by atoms with Gasteiger partial charge in [0.2, 0.25) is 0 Å². The van der Waals surface area contributed by atoms with Crippen LogP contribution in [0, 0.1) is 0 Å². The molecule has 0 aliphatic carbocycles. The molecule has 0 spiro atoms. The largest absolute Gasteiger partial charge is 0.465 e. The van der Waals surface area contributed by atoms with Crippen LogP contribution in [0.2, 0.25) is 0 Å². The molecule has 1 aromatic carbocycles. The molecule has 1 N–H and O–H groups in total. The Labute approximate surface area is 129 Å². The normalized spacial score (nSPS) is 11.0. The molecule has 0 saturated carbocycles. The summed E-state index contributed by atoms with van der Waals surface area (Å²) in [7, 11) is 1.20. The van der Waals surface area contributed by atoms with Gasteiger partial charge in [-0.1, -0.05) is 12.1 Å². The van der Waals surface area contributed by atoms with Crippen molar-refractivity contribution in [3.8, 4) is 0 Å². The van der Waals surface area contributed by atoms with Gasteiger partial charge in [-0.2, -0.15) is 13.2 Å². The molecule has 0 atom stereocenters. The summed E-state index contributed by atoms with van der Waals surface area (Å²) in [5.41, 5.74) is -1.40. The molecule has 5 nitrogen and oxygen atoms in total. The third-order valence-electron chi connectivity index (χ3n) is 2.90. The van der Waals surface area contributed by atoms with Crippen molar-refractivity contribution >= 4 is 17.7 Å². The van der Waals surface area contributed by atoms with Gasteiger partial charge in [-0.25, -0.2) is 9.78 Å². The molecule has 2 aromatic rings. The maximum absolute atomic E-state index is 12.9. The molecule has 2 rings (SSSR count). The number of hydrogen-bond acceptors (Lipinski definition) is 4. The Bertz CT molecular complexity index is 727. The number of nitrogens with one attached hydrogen (secondary N) is 1. The van der Waals surface area contributed by atoms with E-state index in [0.29, 0.717) is 0 Å². The fourth-order valence-electron chi connectivity index (χ4n) is 1.82. The maximum Gasteiger partial charge on any atom is 0.417 e. The van der Waals surface area contributed by atoms with Crippen molar-refractivity contribution in [3.63, 3.8) is 0 Å². The number of anilines is 1. The molecule has 0 radical (unpaired) electrons. The number of rotatable bonds is 3. The van der Waals surface area contributed by atoms with E-state index in [9.17, 15) is 22.8 Å². The quantitative estimate of drug-likeness (QED) is 0.881. The molecule has 1 amide bonds. The van der Waals surface area contributed by atoms with Gasteiger partial charge in [0.25, 0.3) is 5.91 Å². The lowest BCUT2D eigenvalue weighted by atomic mass is 10.1. The zero-order chi connectivity index (χ0) is 17.0. The first kappa shape index (κ1) is 16.5. The molecule has 0 unspecified atom stereocenters. The predicted octanol–water partition coefficient (Wildman–Crippen LogP) is 3.14. The van der Waals surface area contributed by atoms with Crippen LogP contribution in [0.1, 0.15) is 26.3 Å². The smallest absolute Gasteiger partial charge is 0.417 e. The highest BCUT2D eigenvalue weighted by molar-refractivity contribution is 6.05. The van der Waals surface area contributed by atoms with Gasteiger partial charge in [-0.05, 0) is 24.3 Å². The summed E-state index contributed by atoms with van der Waals surface area (Å²) >= 11 is 0. The van der Waals surface area contributed by atoms with E-state index in [4.69, 9.17) is 0 Å². The average molecular weight is 324 g/mol. The standard InChI is InChI=1S/C15H11F3N2O3/c1-23-14(22)9-6-7-12(19-8-9)20-13(21)10-4-2-3-5-11(10)15(16,17)18/h2-8H,1H3,(H,19,20,21). The maximum atomic E-state index is 12.9. The molecular formula is C15H11F3N2O3. The van der Waals surface area contributed by atoms with Gasteiger partial charge in [-0.3, -0.25) is 4.79 Å². The molecule has 8 heteroatoms. The van der Waals surface area contributed by atoms with E-state index in [2.05, 4.69) is 15.0 Å². The molecule has 0 fully saturated rings. The Morgan fingerprint density at radius 1 is 1.13 bits per heavy atom. The fraction of sp³-hybridized carbons (Fsp3) is 0.133. The van der Waals surface area contributed by atoms with Crippen molar-refractivity contribution in [1.82, 2.24) is 4.98 Å². The first-order chi connectivity index (χ1) is 10.8. The third-order valence-corrected chi connectivity index (χ3v) is 2.90. The fourth-order valence-corrected chi connectivity index (χ4v) is 1.82. The number of pyridine rings is 1. The summed E-state index contributed by atoms with van der Waals surface area (Å²) < 4.78 is 43.1. The Balaban J connectivity index is 2.22. The summed E-state index contributed by atoms with van der Waals surface area (Å²) in [6, 6.07) is 7.05. The number of carbonyl (C=O) groups excluding carboxylic acids is 2. The van der Waals surface area contributed by atoms with E-state index in [0.717, 1.165) is 18.3 Å². The van der Waals surface area contributed by atoms with E-state index in [1.54, 1.807) is 0 Å². The number of ether oxygens (including phenoxy) is 1. The number of aromatic nitrogens is 1. The molecule has 120 valence electrons. The number of halogens is 3. The second-order valence-corrected chi connectivity index (χ2v) is 4.42. The molecule has 0 aliphatic rings. The van der Waals surface area contributed by atoms with Crippen molar-refractivity contribution in [2.24, 2.45) is 0 Å². The lowest BCUT2D eigenvalue weighted by Crippen LogP contribution is -2.19. The summed E-state index contributed by atoms with van der Waals surface area (Å²) in [6.45, 7) is 0. The van der Waals surface area contributed by atoms with Crippen LogP contribution in [0.25, 0.3) is 0 Å². The third kappa shape index (κ3) is 3.85. The first-order valence-corrected chi connectivity index (χ1v) is 6.35. The summed E-state index contributed by atoms with van der Waals surface area (Å²) in [5.74, 6) is -1.55.